The van der Waals surface area contributed by atoms with E-state index in [1.54, 1.807) is 0 Å². The van der Waals surface area contributed by atoms with Gasteiger partial charge in [0.05, 0.1) is 5.56 Å². The SMILES string of the molecule is Cc1ccc(C(=O)NCCCBr)c(Br)c1. The van der Waals surface area contributed by atoms with Gasteiger partial charge in [-0.05, 0) is 47.0 Å². The van der Waals surface area contributed by atoms with Crippen LogP contribution in [0.5, 0.6) is 0 Å². The molecular weight excluding hydrogens is 322 g/mol. The molecule has 1 N–H and O–H groups in total. The maximum absolute atomic E-state index is 11.7. The lowest BCUT2D eigenvalue weighted by atomic mass is 10.1. The number of nitrogens with one attached hydrogen (secondary N) is 1. The van der Waals surface area contributed by atoms with Crippen molar-refractivity contribution in [2.45, 2.75) is 13.3 Å². The van der Waals surface area contributed by atoms with Crippen molar-refractivity contribution < 1.29 is 4.79 Å². The van der Waals surface area contributed by atoms with E-state index in [0.717, 1.165) is 21.8 Å². The third kappa shape index (κ3) is 3.95. The van der Waals surface area contributed by atoms with E-state index in [1.807, 2.05) is 25.1 Å². The minimum atomic E-state index is -0.0252. The van der Waals surface area contributed by atoms with Gasteiger partial charge in [0.1, 0.15) is 0 Å². The fourth-order valence-corrected chi connectivity index (χ4v) is 2.12. The summed E-state index contributed by atoms with van der Waals surface area (Å²) >= 11 is 6.71. The van der Waals surface area contributed by atoms with Crippen molar-refractivity contribution in [3.8, 4) is 0 Å². The van der Waals surface area contributed by atoms with Crippen LogP contribution < -0.4 is 5.32 Å². The molecule has 0 unspecified atom stereocenters. The first kappa shape index (κ1) is 12.7. The molecule has 0 heterocycles. The highest BCUT2D eigenvalue weighted by atomic mass is 79.9. The van der Waals surface area contributed by atoms with Crippen LogP contribution in [0.15, 0.2) is 22.7 Å². The number of hydrogen-bond acceptors (Lipinski definition) is 1. The van der Waals surface area contributed by atoms with Crippen molar-refractivity contribution in [1.82, 2.24) is 5.32 Å². The number of carbonyl (C=O) groups is 1. The number of aryl methyl sites for hydroxylation is 1. The third-order valence-corrected chi connectivity index (χ3v) is 3.18. The fraction of sp³-hybridized carbons (Fsp3) is 0.364. The van der Waals surface area contributed by atoms with Crippen LogP contribution >= 0.6 is 31.9 Å². The van der Waals surface area contributed by atoms with Crippen LogP contribution in [0.2, 0.25) is 0 Å². The van der Waals surface area contributed by atoms with E-state index >= 15 is 0 Å². The van der Waals surface area contributed by atoms with E-state index in [-0.39, 0.29) is 5.91 Å². The van der Waals surface area contributed by atoms with Crippen LogP contribution in [0, 0.1) is 6.92 Å². The highest BCUT2D eigenvalue weighted by Gasteiger charge is 2.08. The lowest BCUT2D eigenvalue weighted by molar-refractivity contribution is 0.0953. The van der Waals surface area contributed by atoms with Crippen LogP contribution in [0.4, 0.5) is 0 Å². The van der Waals surface area contributed by atoms with Gasteiger partial charge in [-0.3, -0.25) is 4.79 Å². The zero-order valence-corrected chi connectivity index (χ0v) is 11.7. The highest BCUT2D eigenvalue weighted by Crippen LogP contribution is 2.18. The van der Waals surface area contributed by atoms with E-state index in [0.29, 0.717) is 12.1 Å². The second kappa shape index (κ2) is 6.28. The molecule has 15 heavy (non-hydrogen) atoms. The van der Waals surface area contributed by atoms with Gasteiger partial charge in [0.2, 0.25) is 0 Å². The fourth-order valence-electron chi connectivity index (χ4n) is 1.17. The van der Waals surface area contributed by atoms with Crippen LogP contribution in [0.25, 0.3) is 0 Å². The molecule has 0 saturated heterocycles. The Balaban J connectivity index is 2.65. The molecular formula is C11H13Br2NO. The molecule has 1 aromatic carbocycles. The molecule has 0 aromatic heterocycles. The summed E-state index contributed by atoms with van der Waals surface area (Å²) in [5, 5.41) is 3.77. The Morgan fingerprint density at radius 1 is 1.47 bits per heavy atom. The molecule has 0 spiro atoms. The van der Waals surface area contributed by atoms with E-state index in [4.69, 9.17) is 0 Å². The molecule has 4 heteroatoms. The molecule has 0 saturated carbocycles. The average molecular weight is 335 g/mol. The number of amides is 1. The van der Waals surface area contributed by atoms with Crippen molar-refractivity contribution in [3.63, 3.8) is 0 Å². The van der Waals surface area contributed by atoms with Crippen LogP contribution in [0.3, 0.4) is 0 Å². The molecule has 1 aromatic rings. The van der Waals surface area contributed by atoms with Gasteiger partial charge >= 0.3 is 0 Å². The first-order valence-electron chi connectivity index (χ1n) is 4.75. The van der Waals surface area contributed by atoms with Gasteiger partial charge in [-0.25, -0.2) is 0 Å². The van der Waals surface area contributed by atoms with Crippen molar-refractivity contribution >= 4 is 37.8 Å². The van der Waals surface area contributed by atoms with Gasteiger partial charge in [0, 0.05) is 16.3 Å². The number of alkyl halides is 1. The average Bonchev–Trinajstić information content (AvgIpc) is 2.17. The summed E-state index contributed by atoms with van der Waals surface area (Å²) in [6.45, 7) is 2.70. The lowest BCUT2D eigenvalue weighted by Crippen LogP contribution is -2.25. The second-order valence-corrected chi connectivity index (χ2v) is 4.93. The minimum absolute atomic E-state index is 0.0252. The monoisotopic (exact) mass is 333 g/mol. The molecule has 0 fully saturated rings. The van der Waals surface area contributed by atoms with E-state index in [1.165, 1.54) is 0 Å². The smallest absolute Gasteiger partial charge is 0.252 e. The van der Waals surface area contributed by atoms with Gasteiger partial charge < -0.3 is 5.32 Å². The molecule has 82 valence electrons. The Morgan fingerprint density at radius 3 is 2.80 bits per heavy atom. The number of rotatable bonds is 4. The third-order valence-electron chi connectivity index (χ3n) is 1.97. The summed E-state index contributed by atoms with van der Waals surface area (Å²) in [4.78, 5) is 11.7. The molecule has 0 bridgehead atoms. The predicted octanol–water partition coefficient (Wildman–Crippen LogP) is 3.27. The Labute approximate surface area is 107 Å². The summed E-state index contributed by atoms with van der Waals surface area (Å²) in [5.74, 6) is -0.0252. The first-order chi connectivity index (χ1) is 7.15. The molecule has 1 rings (SSSR count). The summed E-state index contributed by atoms with van der Waals surface area (Å²) in [5.41, 5.74) is 1.83. The van der Waals surface area contributed by atoms with Crippen molar-refractivity contribution in [1.29, 1.82) is 0 Å². The van der Waals surface area contributed by atoms with Crippen molar-refractivity contribution in [2.75, 3.05) is 11.9 Å². The zero-order chi connectivity index (χ0) is 11.3. The minimum Gasteiger partial charge on any atom is -0.352 e. The number of halogens is 2. The maximum atomic E-state index is 11.7. The first-order valence-corrected chi connectivity index (χ1v) is 6.67. The van der Waals surface area contributed by atoms with Gasteiger partial charge in [-0.1, -0.05) is 22.0 Å². The standard InChI is InChI=1S/C11H13Br2NO/c1-8-3-4-9(10(13)7-8)11(15)14-6-2-5-12/h3-4,7H,2,5-6H2,1H3,(H,14,15). The van der Waals surface area contributed by atoms with Gasteiger partial charge in [0.25, 0.3) is 5.91 Å². The number of carbonyl (C=O) groups excluding carboxylic acids is 1. The molecule has 0 aliphatic carbocycles. The van der Waals surface area contributed by atoms with Crippen molar-refractivity contribution in [3.05, 3.63) is 33.8 Å². The van der Waals surface area contributed by atoms with E-state index in [9.17, 15) is 4.79 Å². The number of hydrogen-bond donors (Lipinski definition) is 1. The van der Waals surface area contributed by atoms with Gasteiger partial charge in [-0.2, -0.15) is 0 Å². The van der Waals surface area contributed by atoms with Gasteiger partial charge in [-0.15, -0.1) is 0 Å². The maximum Gasteiger partial charge on any atom is 0.252 e. The van der Waals surface area contributed by atoms with Crippen LogP contribution in [-0.4, -0.2) is 17.8 Å². The Morgan fingerprint density at radius 2 is 2.20 bits per heavy atom. The Hall–Kier alpha value is -0.350. The second-order valence-electron chi connectivity index (χ2n) is 3.28. The normalized spacial score (nSPS) is 10.1. The molecule has 0 atom stereocenters. The molecule has 1 amide bonds. The predicted molar refractivity (Wildman–Crippen MR) is 69.6 cm³/mol. The highest BCUT2D eigenvalue weighted by molar-refractivity contribution is 9.10. The molecule has 0 radical (unpaired) electrons. The molecule has 0 aliphatic heterocycles. The number of benzene rings is 1. The summed E-state index contributed by atoms with van der Waals surface area (Å²) in [6.07, 6.45) is 0.940. The summed E-state index contributed by atoms with van der Waals surface area (Å²) in [6, 6.07) is 5.71. The summed E-state index contributed by atoms with van der Waals surface area (Å²) in [7, 11) is 0. The summed E-state index contributed by atoms with van der Waals surface area (Å²) < 4.78 is 0.846. The van der Waals surface area contributed by atoms with E-state index < -0.39 is 0 Å². The zero-order valence-electron chi connectivity index (χ0n) is 8.52. The molecule has 0 aliphatic rings. The topological polar surface area (TPSA) is 29.1 Å². The van der Waals surface area contributed by atoms with E-state index in [2.05, 4.69) is 37.2 Å². The van der Waals surface area contributed by atoms with Crippen LogP contribution in [0.1, 0.15) is 22.3 Å². The molecule has 2 nitrogen and oxygen atoms in total. The quantitative estimate of drug-likeness (QED) is 0.664. The van der Waals surface area contributed by atoms with Crippen molar-refractivity contribution in [2.24, 2.45) is 0 Å². The van der Waals surface area contributed by atoms with Crippen LogP contribution in [-0.2, 0) is 0 Å². The van der Waals surface area contributed by atoms with Gasteiger partial charge in [0.15, 0.2) is 0 Å². The Kier molecular flexibility index (Phi) is 5.32. The largest absolute Gasteiger partial charge is 0.352 e. The lowest BCUT2D eigenvalue weighted by Gasteiger charge is -2.06. The Bertz CT molecular complexity index is 352.